The molecule has 2 N–H and O–H groups in total. The van der Waals surface area contributed by atoms with E-state index in [1.54, 1.807) is 0 Å². The summed E-state index contributed by atoms with van der Waals surface area (Å²) in [6, 6.07) is 8.68. The predicted molar refractivity (Wildman–Crippen MR) is 80.9 cm³/mol. The summed E-state index contributed by atoms with van der Waals surface area (Å²) in [5.41, 5.74) is 2.67. The third-order valence-electron chi connectivity index (χ3n) is 3.29. The van der Waals surface area contributed by atoms with Crippen molar-refractivity contribution in [2.24, 2.45) is 0 Å². The standard InChI is InChI=1S/C13H17N3.2ClH/c1-2-11(10-16-8-6-14-7-9-16)12-4-5-15-13(12)3-1;;/h1-5,14-15H,6-10H2;2*1H. The monoisotopic (exact) mass is 287 g/mol. The van der Waals surface area contributed by atoms with Crippen molar-refractivity contribution in [3.63, 3.8) is 0 Å². The minimum absolute atomic E-state index is 0. The fourth-order valence-electron chi connectivity index (χ4n) is 2.40. The zero-order valence-corrected chi connectivity index (χ0v) is 11.8. The van der Waals surface area contributed by atoms with Gasteiger partial charge < -0.3 is 10.3 Å². The first-order valence-electron chi connectivity index (χ1n) is 5.91. The second-order valence-corrected chi connectivity index (χ2v) is 4.38. The normalized spacial score (nSPS) is 16.0. The molecule has 2 aromatic rings. The van der Waals surface area contributed by atoms with Crippen molar-refractivity contribution >= 4 is 35.7 Å². The number of nitrogens with one attached hydrogen (secondary N) is 2. The molecular weight excluding hydrogens is 269 g/mol. The van der Waals surface area contributed by atoms with Gasteiger partial charge in [-0.05, 0) is 17.7 Å². The summed E-state index contributed by atoms with van der Waals surface area (Å²) in [4.78, 5) is 5.78. The first-order chi connectivity index (χ1) is 7.93. The number of H-pyrrole nitrogens is 1. The van der Waals surface area contributed by atoms with E-state index in [0.717, 1.165) is 32.7 Å². The Morgan fingerprint density at radius 2 is 1.83 bits per heavy atom. The van der Waals surface area contributed by atoms with Gasteiger partial charge in [-0.2, -0.15) is 0 Å². The minimum Gasteiger partial charge on any atom is -0.361 e. The van der Waals surface area contributed by atoms with Crippen LogP contribution in [0.5, 0.6) is 0 Å². The van der Waals surface area contributed by atoms with E-state index in [9.17, 15) is 0 Å². The first-order valence-corrected chi connectivity index (χ1v) is 5.91. The zero-order chi connectivity index (χ0) is 10.8. The number of piperazine rings is 1. The summed E-state index contributed by atoms with van der Waals surface area (Å²) >= 11 is 0. The molecule has 1 aliphatic rings. The second kappa shape index (κ2) is 7.00. The van der Waals surface area contributed by atoms with Gasteiger partial charge in [0.15, 0.2) is 0 Å². The Morgan fingerprint density at radius 3 is 2.61 bits per heavy atom. The van der Waals surface area contributed by atoms with Crippen molar-refractivity contribution in [2.45, 2.75) is 6.54 Å². The molecule has 0 saturated carbocycles. The highest BCUT2D eigenvalue weighted by Crippen LogP contribution is 2.19. The number of fused-ring (bicyclic) bond motifs is 1. The Bertz CT molecular complexity index is 478. The lowest BCUT2D eigenvalue weighted by molar-refractivity contribution is 0.234. The topological polar surface area (TPSA) is 31.1 Å². The molecule has 1 aliphatic heterocycles. The summed E-state index contributed by atoms with van der Waals surface area (Å²) in [5, 5.41) is 4.75. The highest BCUT2D eigenvalue weighted by Gasteiger charge is 2.11. The molecule has 2 heterocycles. The summed E-state index contributed by atoms with van der Waals surface area (Å²) in [5.74, 6) is 0. The average Bonchev–Trinajstić information content (AvgIpc) is 2.80. The van der Waals surface area contributed by atoms with Crippen LogP contribution >= 0.6 is 24.8 Å². The van der Waals surface area contributed by atoms with Gasteiger partial charge in [0.25, 0.3) is 0 Å². The lowest BCUT2D eigenvalue weighted by atomic mass is 10.1. The van der Waals surface area contributed by atoms with E-state index in [1.165, 1.54) is 16.5 Å². The number of rotatable bonds is 2. The van der Waals surface area contributed by atoms with Crippen LogP contribution in [0.3, 0.4) is 0 Å². The Hall–Kier alpha value is -0.740. The molecule has 3 nitrogen and oxygen atoms in total. The van der Waals surface area contributed by atoms with Gasteiger partial charge in [0.1, 0.15) is 0 Å². The van der Waals surface area contributed by atoms with Gasteiger partial charge >= 0.3 is 0 Å². The van der Waals surface area contributed by atoms with Gasteiger partial charge in [-0.25, -0.2) is 0 Å². The molecule has 1 aromatic carbocycles. The molecule has 5 heteroatoms. The zero-order valence-electron chi connectivity index (χ0n) is 10.2. The molecule has 0 aliphatic carbocycles. The summed E-state index contributed by atoms with van der Waals surface area (Å²) in [7, 11) is 0. The fourth-order valence-corrected chi connectivity index (χ4v) is 2.40. The van der Waals surface area contributed by atoms with Crippen LogP contribution in [0, 0.1) is 0 Å². The molecule has 1 saturated heterocycles. The highest BCUT2D eigenvalue weighted by atomic mass is 35.5. The molecule has 0 atom stereocenters. The summed E-state index contributed by atoms with van der Waals surface area (Å²) < 4.78 is 0. The fraction of sp³-hybridized carbons (Fsp3) is 0.385. The Labute approximate surface area is 120 Å². The van der Waals surface area contributed by atoms with Gasteiger partial charge in [0, 0.05) is 49.8 Å². The van der Waals surface area contributed by atoms with Crippen molar-refractivity contribution in [1.82, 2.24) is 15.2 Å². The van der Waals surface area contributed by atoms with E-state index < -0.39 is 0 Å². The molecule has 0 spiro atoms. The van der Waals surface area contributed by atoms with Crippen molar-refractivity contribution < 1.29 is 0 Å². The van der Waals surface area contributed by atoms with Crippen LogP contribution in [0.15, 0.2) is 30.5 Å². The van der Waals surface area contributed by atoms with Crippen LogP contribution in [-0.4, -0.2) is 36.1 Å². The molecule has 0 amide bonds. The minimum atomic E-state index is 0. The van der Waals surface area contributed by atoms with Crippen LogP contribution in [0.25, 0.3) is 10.9 Å². The number of halogens is 2. The summed E-state index contributed by atoms with van der Waals surface area (Å²) in [6.07, 6.45) is 2.02. The Kier molecular flexibility index (Phi) is 5.96. The molecule has 100 valence electrons. The highest BCUT2D eigenvalue weighted by molar-refractivity contribution is 5.85. The number of hydrogen-bond donors (Lipinski definition) is 2. The van der Waals surface area contributed by atoms with E-state index in [-0.39, 0.29) is 24.8 Å². The largest absolute Gasteiger partial charge is 0.361 e. The number of aromatic nitrogens is 1. The SMILES string of the molecule is Cl.Cl.c1cc(CN2CCNCC2)c2cc[nH]c2c1. The van der Waals surface area contributed by atoms with Crippen molar-refractivity contribution in [1.29, 1.82) is 0 Å². The third-order valence-corrected chi connectivity index (χ3v) is 3.29. The molecule has 1 fully saturated rings. The second-order valence-electron chi connectivity index (χ2n) is 4.38. The molecule has 0 radical (unpaired) electrons. The van der Waals surface area contributed by atoms with Crippen molar-refractivity contribution in [3.05, 3.63) is 36.0 Å². The number of aromatic amines is 1. The van der Waals surface area contributed by atoms with Crippen LogP contribution in [0.1, 0.15) is 5.56 Å². The average molecular weight is 288 g/mol. The quantitative estimate of drug-likeness (QED) is 0.889. The molecule has 3 rings (SSSR count). The van der Waals surface area contributed by atoms with Gasteiger partial charge in [-0.15, -0.1) is 24.8 Å². The first kappa shape index (κ1) is 15.3. The van der Waals surface area contributed by atoms with E-state index in [2.05, 4.69) is 39.5 Å². The van der Waals surface area contributed by atoms with Crippen molar-refractivity contribution in [3.8, 4) is 0 Å². The smallest absolute Gasteiger partial charge is 0.0457 e. The van der Waals surface area contributed by atoms with Crippen molar-refractivity contribution in [2.75, 3.05) is 26.2 Å². The lowest BCUT2D eigenvalue weighted by Gasteiger charge is -2.27. The molecule has 0 unspecified atom stereocenters. The van der Waals surface area contributed by atoms with Crippen LogP contribution in [0.4, 0.5) is 0 Å². The van der Waals surface area contributed by atoms with E-state index in [1.807, 2.05) is 6.20 Å². The molecule has 1 aromatic heterocycles. The molecule has 18 heavy (non-hydrogen) atoms. The maximum absolute atomic E-state index is 3.38. The number of nitrogens with zero attached hydrogens (tertiary/aromatic N) is 1. The van der Waals surface area contributed by atoms with Gasteiger partial charge in [0.05, 0.1) is 0 Å². The molecule has 0 bridgehead atoms. The van der Waals surface area contributed by atoms with Gasteiger partial charge in [0.2, 0.25) is 0 Å². The Morgan fingerprint density at radius 1 is 1.06 bits per heavy atom. The number of benzene rings is 1. The van der Waals surface area contributed by atoms with E-state index >= 15 is 0 Å². The maximum atomic E-state index is 3.38. The number of hydrogen-bond acceptors (Lipinski definition) is 2. The van der Waals surface area contributed by atoms with Gasteiger partial charge in [-0.1, -0.05) is 12.1 Å². The van der Waals surface area contributed by atoms with Crippen LogP contribution in [0.2, 0.25) is 0 Å². The Balaban J connectivity index is 0.000000810. The molecular formula is C13H19Cl2N3. The van der Waals surface area contributed by atoms with E-state index in [0.29, 0.717) is 0 Å². The van der Waals surface area contributed by atoms with Crippen LogP contribution < -0.4 is 5.32 Å². The maximum Gasteiger partial charge on any atom is 0.0457 e. The summed E-state index contributed by atoms with van der Waals surface area (Å²) in [6.45, 7) is 5.60. The third kappa shape index (κ3) is 3.18. The predicted octanol–water partition coefficient (Wildman–Crippen LogP) is 2.42. The van der Waals surface area contributed by atoms with Gasteiger partial charge in [-0.3, -0.25) is 4.90 Å². The van der Waals surface area contributed by atoms with Crippen LogP contribution in [-0.2, 0) is 6.54 Å². The van der Waals surface area contributed by atoms with E-state index in [4.69, 9.17) is 0 Å². The lowest BCUT2D eigenvalue weighted by Crippen LogP contribution is -2.42.